The van der Waals surface area contributed by atoms with E-state index in [-0.39, 0.29) is 0 Å². The van der Waals surface area contributed by atoms with Crippen molar-refractivity contribution in [3.05, 3.63) is 16.6 Å². The Morgan fingerprint density at radius 2 is 2.06 bits per heavy atom. The van der Waals surface area contributed by atoms with E-state index in [4.69, 9.17) is 0 Å². The lowest BCUT2D eigenvalue weighted by atomic mass is 9.69. The Kier molecular flexibility index (Phi) is 4.32. The predicted octanol–water partition coefficient (Wildman–Crippen LogP) is 3.63. The highest BCUT2D eigenvalue weighted by molar-refractivity contribution is 7.07. The second-order valence-corrected chi connectivity index (χ2v) is 6.72. The molecule has 0 aliphatic heterocycles. The smallest absolute Gasteiger partial charge is 0.0794 e. The Balaban J connectivity index is 1.41. The van der Waals surface area contributed by atoms with Crippen molar-refractivity contribution < 1.29 is 0 Å². The van der Waals surface area contributed by atoms with Crippen LogP contribution in [0.15, 0.2) is 10.9 Å². The third-order valence-electron chi connectivity index (χ3n) is 4.84. The number of thiazole rings is 1. The fraction of sp³-hybridized carbons (Fsp3) is 0.800. The minimum Gasteiger partial charge on any atom is -0.314 e. The van der Waals surface area contributed by atoms with Crippen LogP contribution in [-0.2, 0) is 6.42 Å². The fourth-order valence-electron chi connectivity index (χ4n) is 3.82. The van der Waals surface area contributed by atoms with Crippen molar-refractivity contribution in [1.29, 1.82) is 0 Å². The minimum atomic E-state index is 0.781. The summed E-state index contributed by atoms with van der Waals surface area (Å²) >= 11 is 1.70. The van der Waals surface area contributed by atoms with E-state index < -0.39 is 0 Å². The van der Waals surface area contributed by atoms with Crippen LogP contribution < -0.4 is 5.32 Å². The van der Waals surface area contributed by atoms with Crippen LogP contribution in [0.4, 0.5) is 0 Å². The first kappa shape index (κ1) is 12.6. The first-order chi connectivity index (χ1) is 8.92. The van der Waals surface area contributed by atoms with E-state index in [9.17, 15) is 0 Å². The first-order valence-corrected chi connectivity index (χ1v) is 8.46. The number of rotatable bonds is 4. The highest BCUT2D eigenvalue weighted by Crippen LogP contribution is 2.40. The molecule has 0 bridgehead atoms. The van der Waals surface area contributed by atoms with Gasteiger partial charge in [0.2, 0.25) is 0 Å². The summed E-state index contributed by atoms with van der Waals surface area (Å²) in [5, 5.41) is 5.92. The summed E-state index contributed by atoms with van der Waals surface area (Å²) in [4.78, 5) is 4.34. The molecule has 1 aromatic rings. The van der Waals surface area contributed by atoms with Crippen LogP contribution in [0.3, 0.4) is 0 Å². The number of hydrogen-bond donors (Lipinski definition) is 1. The summed E-state index contributed by atoms with van der Waals surface area (Å²) in [5.74, 6) is 2.10. The van der Waals surface area contributed by atoms with Gasteiger partial charge in [-0.25, -0.2) is 4.98 Å². The molecule has 3 heteroatoms. The van der Waals surface area contributed by atoms with Crippen molar-refractivity contribution in [1.82, 2.24) is 10.3 Å². The van der Waals surface area contributed by atoms with Crippen molar-refractivity contribution in [3.8, 4) is 0 Å². The van der Waals surface area contributed by atoms with Crippen LogP contribution >= 0.6 is 11.3 Å². The monoisotopic (exact) mass is 264 g/mol. The van der Waals surface area contributed by atoms with E-state index in [1.165, 1.54) is 50.6 Å². The van der Waals surface area contributed by atoms with E-state index in [1.807, 2.05) is 5.51 Å². The number of nitrogens with one attached hydrogen (secondary N) is 1. The topological polar surface area (TPSA) is 24.9 Å². The van der Waals surface area contributed by atoms with Crippen molar-refractivity contribution in [2.75, 3.05) is 6.54 Å². The van der Waals surface area contributed by atoms with Crippen molar-refractivity contribution in [3.63, 3.8) is 0 Å². The molecule has 1 aromatic heterocycles. The molecule has 2 fully saturated rings. The second kappa shape index (κ2) is 6.16. The third-order valence-corrected chi connectivity index (χ3v) is 5.47. The molecule has 0 amide bonds. The van der Waals surface area contributed by atoms with Gasteiger partial charge in [-0.2, -0.15) is 0 Å². The summed E-state index contributed by atoms with van der Waals surface area (Å²) in [6.45, 7) is 1.10. The molecular weight excluding hydrogens is 240 g/mol. The van der Waals surface area contributed by atoms with Crippen molar-refractivity contribution in [2.24, 2.45) is 11.8 Å². The normalized spacial score (nSPS) is 32.1. The molecule has 0 aromatic carbocycles. The lowest BCUT2D eigenvalue weighted by Gasteiger charge is -2.39. The molecule has 2 aliphatic rings. The van der Waals surface area contributed by atoms with Gasteiger partial charge in [0.25, 0.3) is 0 Å². The van der Waals surface area contributed by atoms with E-state index in [1.54, 1.807) is 11.3 Å². The molecular formula is C15H24N2S. The van der Waals surface area contributed by atoms with E-state index in [2.05, 4.69) is 15.7 Å². The third kappa shape index (κ3) is 3.12. The summed E-state index contributed by atoms with van der Waals surface area (Å²) in [6, 6.07) is 0.781. The van der Waals surface area contributed by atoms with E-state index in [0.29, 0.717) is 0 Å². The van der Waals surface area contributed by atoms with Gasteiger partial charge in [-0.05, 0) is 31.1 Å². The SMILES string of the molecule is c1nc(CCNC2CCC3CCCCC3C2)cs1. The van der Waals surface area contributed by atoms with Gasteiger partial charge in [0.15, 0.2) is 0 Å². The molecule has 2 aliphatic carbocycles. The summed E-state index contributed by atoms with van der Waals surface area (Å²) in [5.41, 5.74) is 3.18. The predicted molar refractivity (Wildman–Crippen MR) is 76.9 cm³/mol. The van der Waals surface area contributed by atoms with Gasteiger partial charge >= 0.3 is 0 Å². The van der Waals surface area contributed by atoms with E-state index >= 15 is 0 Å². The molecule has 1 heterocycles. The van der Waals surface area contributed by atoms with Crippen LogP contribution in [0.1, 0.15) is 50.6 Å². The van der Waals surface area contributed by atoms with Crippen molar-refractivity contribution in [2.45, 2.75) is 57.4 Å². The van der Waals surface area contributed by atoms with Crippen LogP contribution in [-0.4, -0.2) is 17.6 Å². The summed E-state index contributed by atoms with van der Waals surface area (Å²) < 4.78 is 0. The van der Waals surface area contributed by atoms with Crippen LogP contribution in [0.5, 0.6) is 0 Å². The Bertz CT molecular complexity index is 349. The summed E-state index contributed by atoms with van der Waals surface area (Å²) in [6.07, 6.45) is 11.4. The van der Waals surface area contributed by atoms with Gasteiger partial charge in [0, 0.05) is 24.4 Å². The maximum atomic E-state index is 4.34. The standard InChI is InChI=1S/C15H24N2S/c1-2-4-13-9-14(6-5-12(13)3-1)16-8-7-15-10-18-11-17-15/h10-14,16H,1-9H2. The van der Waals surface area contributed by atoms with Gasteiger partial charge in [0.05, 0.1) is 11.2 Å². The molecule has 3 unspecified atom stereocenters. The van der Waals surface area contributed by atoms with Crippen molar-refractivity contribution >= 4 is 11.3 Å². The molecule has 0 radical (unpaired) electrons. The van der Waals surface area contributed by atoms with Gasteiger partial charge in [-0.15, -0.1) is 11.3 Å². The summed E-state index contributed by atoms with van der Waals surface area (Å²) in [7, 11) is 0. The Hall–Kier alpha value is -0.410. The highest BCUT2D eigenvalue weighted by Gasteiger charge is 2.31. The van der Waals surface area contributed by atoms with Gasteiger partial charge < -0.3 is 5.32 Å². The molecule has 18 heavy (non-hydrogen) atoms. The quantitative estimate of drug-likeness (QED) is 0.898. The number of aromatic nitrogens is 1. The first-order valence-electron chi connectivity index (χ1n) is 7.52. The molecule has 1 N–H and O–H groups in total. The van der Waals surface area contributed by atoms with Gasteiger partial charge in [-0.1, -0.05) is 25.7 Å². The Morgan fingerprint density at radius 1 is 1.17 bits per heavy atom. The average Bonchev–Trinajstić information content (AvgIpc) is 2.92. The maximum absolute atomic E-state index is 4.34. The fourth-order valence-corrected chi connectivity index (χ4v) is 4.42. The molecule has 0 saturated heterocycles. The zero-order valence-electron chi connectivity index (χ0n) is 11.1. The van der Waals surface area contributed by atoms with Crippen LogP contribution in [0.2, 0.25) is 0 Å². The van der Waals surface area contributed by atoms with E-state index in [0.717, 1.165) is 30.8 Å². The highest BCUT2D eigenvalue weighted by atomic mass is 32.1. The Labute approximate surface area is 114 Å². The minimum absolute atomic E-state index is 0.781. The zero-order valence-corrected chi connectivity index (χ0v) is 11.9. The van der Waals surface area contributed by atoms with Gasteiger partial charge in [-0.3, -0.25) is 0 Å². The lowest BCUT2D eigenvalue weighted by molar-refractivity contribution is 0.144. The lowest BCUT2D eigenvalue weighted by Crippen LogP contribution is -2.39. The molecule has 100 valence electrons. The maximum Gasteiger partial charge on any atom is 0.0794 e. The number of nitrogens with zero attached hydrogens (tertiary/aromatic N) is 1. The van der Waals surface area contributed by atoms with Crippen LogP contribution in [0.25, 0.3) is 0 Å². The largest absolute Gasteiger partial charge is 0.314 e. The zero-order chi connectivity index (χ0) is 12.2. The van der Waals surface area contributed by atoms with Gasteiger partial charge in [0.1, 0.15) is 0 Å². The second-order valence-electron chi connectivity index (χ2n) is 6.00. The molecule has 2 saturated carbocycles. The number of hydrogen-bond acceptors (Lipinski definition) is 3. The Morgan fingerprint density at radius 3 is 2.89 bits per heavy atom. The molecule has 2 nitrogen and oxygen atoms in total. The molecule has 3 rings (SSSR count). The molecule has 0 spiro atoms. The van der Waals surface area contributed by atoms with Crippen LogP contribution in [0, 0.1) is 11.8 Å². The molecule has 3 atom stereocenters. The number of fused-ring (bicyclic) bond motifs is 1. The average molecular weight is 264 g/mol.